The number of nitrogens with zero attached hydrogens (tertiary/aromatic N) is 1. The van der Waals surface area contributed by atoms with Crippen LogP contribution in [0.3, 0.4) is 0 Å². The van der Waals surface area contributed by atoms with Crippen LogP contribution < -0.4 is 0 Å². The standard InChI is InChI=1S/C21H24FNO4/c1-23(13-21(14-24)7-9-27-10-8-21)20(26)16-4-2-3-15(11-16)18-6-5-17(22)12-19(18)25/h2-6,11-12,24-25H,7-10,13-14H2,1H3. The van der Waals surface area contributed by atoms with Crippen LogP contribution in [0.15, 0.2) is 42.5 Å². The Morgan fingerprint density at radius 2 is 1.96 bits per heavy atom. The number of rotatable bonds is 5. The molecule has 3 rings (SSSR count). The highest BCUT2D eigenvalue weighted by atomic mass is 19.1. The van der Waals surface area contributed by atoms with E-state index < -0.39 is 5.82 Å². The number of carbonyl (C=O) groups is 1. The summed E-state index contributed by atoms with van der Waals surface area (Å²) in [6.45, 7) is 1.62. The summed E-state index contributed by atoms with van der Waals surface area (Å²) >= 11 is 0. The SMILES string of the molecule is CN(CC1(CO)CCOCC1)C(=O)c1cccc(-c2ccc(F)cc2O)c1. The molecular formula is C21H24FNO4. The van der Waals surface area contributed by atoms with E-state index in [0.29, 0.717) is 49.3 Å². The molecule has 2 aromatic carbocycles. The first-order chi connectivity index (χ1) is 12.9. The van der Waals surface area contributed by atoms with Gasteiger partial charge in [-0.1, -0.05) is 12.1 Å². The first-order valence-corrected chi connectivity index (χ1v) is 8.97. The number of hydrogen-bond donors (Lipinski definition) is 2. The number of amides is 1. The summed E-state index contributed by atoms with van der Waals surface area (Å²) in [6, 6.07) is 10.7. The Balaban J connectivity index is 1.80. The second kappa shape index (κ2) is 8.06. The maximum absolute atomic E-state index is 13.2. The second-order valence-corrected chi connectivity index (χ2v) is 7.17. The minimum absolute atomic E-state index is 0.0114. The smallest absolute Gasteiger partial charge is 0.253 e. The summed E-state index contributed by atoms with van der Waals surface area (Å²) in [4.78, 5) is 14.5. The second-order valence-electron chi connectivity index (χ2n) is 7.17. The lowest BCUT2D eigenvalue weighted by molar-refractivity contribution is -0.0282. The fourth-order valence-corrected chi connectivity index (χ4v) is 3.53. The molecule has 2 N–H and O–H groups in total. The molecule has 1 aliphatic heterocycles. The Morgan fingerprint density at radius 3 is 2.63 bits per heavy atom. The molecular weight excluding hydrogens is 349 g/mol. The molecule has 27 heavy (non-hydrogen) atoms. The molecule has 1 saturated heterocycles. The van der Waals surface area contributed by atoms with Crippen LogP contribution in [0.2, 0.25) is 0 Å². The number of aliphatic hydroxyl groups is 1. The van der Waals surface area contributed by atoms with Crippen LogP contribution in [-0.2, 0) is 4.74 Å². The van der Waals surface area contributed by atoms with Gasteiger partial charge in [0.2, 0.25) is 0 Å². The Kier molecular flexibility index (Phi) is 5.77. The van der Waals surface area contributed by atoms with Crippen molar-refractivity contribution < 1.29 is 24.1 Å². The number of aromatic hydroxyl groups is 1. The molecule has 0 atom stereocenters. The van der Waals surface area contributed by atoms with Gasteiger partial charge in [-0.2, -0.15) is 0 Å². The van der Waals surface area contributed by atoms with E-state index in [1.165, 1.54) is 12.1 Å². The minimum atomic E-state index is -0.519. The normalized spacial score (nSPS) is 16.1. The van der Waals surface area contributed by atoms with Crippen molar-refractivity contribution in [3.63, 3.8) is 0 Å². The third-order valence-corrected chi connectivity index (χ3v) is 5.19. The quantitative estimate of drug-likeness (QED) is 0.845. The summed E-state index contributed by atoms with van der Waals surface area (Å²) in [5, 5.41) is 19.8. The Hall–Kier alpha value is -2.44. The third-order valence-electron chi connectivity index (χ3n) is 5.19. The van der Waals surface area contributed by atoms with Gasteiger partial charge in [-0.3, -0.25) is 4.79 Å². The van der Waals surface area contributed by atoms with Crippen LogP contribution in [-0.4, -0.2) is 54.4 Å². The number of carbonyl (C=O) groups excluding carboxylic acids is 1. The summed E-state index contributed by atoms with van der Waals surface area (Å²) in [5.41, 5.74) is 1.23. The molecule has 0 aromatic heterocycles. The van der Waals surface area contributed by atoms with E-state index in [4.69, 9.17) is 4.74 Å². The van der Waals surface area contributed by atoms with E-state index >= 15 is 0 Å². The number of ether oxygens (including phenoxy) is 1. The third kappa shape index (κ3) is 4.28. The molecule has 6 heteroatoms. The molecule has 144 valence electrons. The van der Waals surface area contributed by atoms with Gasteiger partial charge < -0.3 is 19.8 Å². The van der Waals surface area contributed by atoms with Crippen molar-refractivity contribution in [2.24, 2.45) is 5.41 Å². The number of hydrogen-bond acceptors (Lipinski definition) is 4. The largest absolute Gasteiger partial charge is 0.507 e. The lowest BCUT2D eigenvalue weighted by Crippen LogP contribution is -2.44. The molecule has 0 saturated carbocycles. The molecule has 0 unspecified atom stereocenters. The predicted molar refractivity (Wildman–Crippen MR) is 100 cm³/mol. The highest BCUT2D eigenvalue weighted by Crippen LogP contribution is 2.32. The van der Waals surface area contributed by atoms with E-state index in [9.17, 15) is 19.4 Å². The van der Waals surface area contributed by atoms with Gasteiger partial charge >= 0.3 is 0 Å². The molecule has 0 aliphatic carbocycles. The molecule has 1 amide bonds. The molecule has 1 aliphatic rings. The molecule has 0 bridgehead atoms. The molecule has 2 aromatic rings. The van der Waals surface area contributed by atoms with E-state index in [1.54, 1.807) is 36.2 Å². The van der Waals surface area contributed by atoms with Crippen molar-refractivity contribution in [3.05, 3.63) is 53.8 Å². The van der Waals surface area contributed by atoms with Crippen LogP contribution in [0.25, 0.3) is 11.1 Å². The van der Waals surface area contributed by atoms with E-state index in [2.05, 4.69) is 0 Å². The van der Waals surface area contributed by atoms with Crippen molar-refractivity contribution in [1.82, 2.24) is 4.90 Å². The number of aliphatic hydroxyl groups excluding tert-OH is 1. The van der Waals surface area contributed by atoms with Crippen LogP contribution in [0.5, 0.6) is 5.75 Å². The maximum atomic E-state index is 13.2. The van der Waals surface area contributed by atoms with Gasteiger partial charge in [0, 0.05) is 49.4 Å². The van der Waals surface area contributed by atoms with Crippen LogP contribution in [0.4, 0.5) is 4.39 Å². The fraction of sp³-hybridized carbons (Fsp3) is 0.381. The van der Waals surface area contributed by atoms with E-state index in [1.807, 2.05) is 0 Å². The van der Waals surface area contributed by atoms with Gasteiger partial charge in [0.15, 0.2) is 0 Å². The monoisotopic (exact) mass is 373 g/mol. The maximum Gasteiger partial charge on any atom is 0.253 e. The summed E-state index contributed by atoms with van der Waals surface area (Å²) in [7, 11) is 1.72. The number of halogens is 1. The topological polar surface area (TPSA) is 70.0 Å². The molecule has 0 radical (unpaired) electrons. The molecule has 1 heterocycles. The molecule has 1 fully saturated rings. The van der Waals surface area contributed by atoms with Crippen LogP contribution >= 0.6 is 0 Å². The number of phenolic OH excluding ortho intramolecular Hbond substituents is 1. The van der Waals surface area contributed by atoms with Gasteiger partial charge in [0.1, 0.15) is 11.6 Å². The average Bonchev–Trinajstić information content (AvgIpc) is 2.68. The average molecular weight is 373 g/mol. The van der Waals surface area contributed by atoms with Gasteiger partial charge in [0.05, 0.1) is 6.61 Å². The van der Waals surface area contributed by atoms with Gasteiger partial charge in [-0.05, 0) is 42.7 Å². The number of phenols is 1. The lowest BCUT2D eigenvalue weighted by atomic mass is 9.80. The van der Waals surface area contributed by atoms with Gasteiger partial charge in [0.25, 0.3) is 5.91 Å². The van der Waals surface area contributed by atoms with Crippen molar-refractivity contribution in [1.29, 1.82) is 0 Å². The van der Waals surface area contributed by atoms with E-state index in [0.717, 1.165) is 6.07 Å². The van der Waals surface area contributed by atoms with Crippen LogP contribution in [0.1, 0.15) is 23.2 Å². The first-order valence-electron chi connectivity index (χ1n) is 8.97. The Bertz CT molecular complexity index is 818. The van der Waals surface area contributed by atoms with Crippen LogP contribution in [0, 0.1) is 11.2 Å². The lowest BCUT2D eigenvalue weighted by Gasteiger charge is -2.38. The first kappa shape index (κ1) is 19.3. The van der Waals surface area contributed by atoms with Crippen molar-refractivity contribution >= 4 is 5.91 Å². The van der Waals surface area contributed by atoms with Crippen molar-refractivity contribution in [3.8, 4) is 16.9 Å². The predicted octanol–water partition coefficient (Wildman–Crippen LogP) is 3.06. The Labute approximate surface area is 158 Å². The number of benzene rings is 2. The van der Waals surface area contributed by atoms with Crippen molar-refractivity contribution in [2.45, 2.75) is 12.8 Å². The van der Waals surface area contributed by atoms with E-state index in [-0.39, 0.29) is 23.7 Å². The highest BCUT2D eigenvalue weighted by molar-refractivity contribution is 5.95. The zero-order chi connectivity index (χ0) is 19.4. The zero-order valence-electron chi connectivity index (χ0n) is 15.3. The van der Waals surface area contributed by atoms with Crippen molar-refractivity contribution in [2.75, 3.05) is 33.4 Å². The molecule has 0 spiro atoms. The summed E-state index contributed by atoms with van der Waals surface area (Å²) in [5.74, 6) is -0.860. The van der Waals surface area contributed by atoms with Gasteiger partial charge in [-0.25, -0.2) is 4.39 Å². The summed E-state index contributed by atoms with van der Waals surface area (Å²) in [6.07, 6.45) is 1.43. The zero-order valence-corrected chi connectivity index (χ0v) is 15.3. The highest BCUT2D eigenvalue weighted by Gasteiger charge is 2.34. The molecule has 5 nitrogen and oxygen atoms in total. The van der Waals surface area contributed by atoms with Gasteiger partial charge in [-0.15, -0.1) is 0 Å². The Morgan fingerprint density at radius 1 is 1.22 bits per heavy atom. The fourth-order valence-electron chi connectivity index (χ4n) is 3.53. The summed E-state index contributed by atoms with van der Waals surface area (Å²) < 4.78 is 18.6. The minimum Gasteiger partial charge on any atom is -0.507 e.